The smallest absolute Gasteiger partial charge is 0.279 e. The number of nitrogens with one attached hydrogen (secondary N) is 2. The van der Waals surface area contributed by atoms with E-state index in [2.05, 4.69) is 20.0 Å². The third-order valence-corrected chi connectivity index (χ3v) is 10.5. The van der Waals surface area contributed by atoms with Gasteiger partial charge >= 0.3 is 0 Å². The molecule has 1 fully saturated rings. The number of nitrogens with zero attached hydrogens (tertiary/aromatic N) is 5. The zero-order valence-electron chi connectivity index (χ0n) is 25.8. The lowest BCUT2D eigenvalue weighted by molar-refractivity contribution is -0.109. The normalized spacial score (nSPS) is 17.3. The number of aromatic amines is 1. The minimum atomic E-state index is -3.47. The lowest BCUT2D eigenvalue weighted by Crippen LogP contribution is -2.33. The fourth-order valence-electron chi connectivity index (χ4n) is 6.26. The number of Topliss-reactive ketones (excluding diaryl/α,β-unsaturated/α-hetero) is 1. The molecule has 46 heavy (non-hydrogen) atoms. The Bertz CT molecular complexity index is 2290. The van der Waals surface area contributed by atoms with Crippen molar-refractivity contribution in [1.82, 2.24) is 29.6 Å². The van der Waals surface area contributed by atoms with E-state index in [4.69, 9.17) is 4.98 Å². The fourth-order valence-corrected chi connectivity index (χ4v) is 7.84. The first-order valence-electron chi connectivity index (χ1n) is 15.1. The predicted molar refractivity (Wildman–Crippen MR) is 174 cm³/mol. The topological polar surface area (TPSA) is 164 Å². The van der Waals surface area contributed by atoms with Gasteiger partial charge in [0.15, 0.2) is 11.5 Å². The molecule has 12 nitrogen and oxygen atoms in total. The van der Waals surface area contributed by atoms with Gasteiger partial charge in [0.2, 0.25) is 15.8 Å². The van der Waals surface area contributed by atoms with Crippen LogP contribution in [0, 0.1) is 6.92 Å². The summed E-state index contributed by atoms with van der Waals surface area (Å²) in [5.74, 6) is -0.466. The predicted octanol–water partition coefficient (Wildman–Crippen LogP) is 3.98. The van der Waals surface area contributed by atoms with Crippen LogP contribution in [0.15, 0.2) is 65.2 Å². The highest BCUT2D eigenvalue weighted by atomic mass is 32.2. The number of hydrogen-bond acceptors (Lipinski definition) is 8. The van der Waals surface area contributed by atoms with Crippen LogP contribution in [0.4, 0.5) is 5.69 Å². The number of aryl methyl sites for hydroxylation is 1. The maximum atomic E-state index is 13.8. The minimum absolute atomic E-state index is 0.0318. The lowest BCUT2D eigenvalue weighted by atomic mass is 9.80. The molecule has 2 aliphatic carbocycles. The van der Waals surface area contributed by atoms with E-state index >= 15 is 0 Å². The summed E-state index contributed by atoms with van der Waals surface area (Å²) in [4.78, 5) is 31.9. The second kappa shape index (κ2) is 10.5. The van der Waals surface area contributed by atoms with Gasteiger partial charge in [-0.15, -0.1) is 9.73 Å². The number of aromatic nitrogens is 6. The zero-order chi connectivity index (χ0) is 32.5. The van der Waals surface area contributed by atoms with Crippen molar-refractivity contribution < 1.29 is 18.3 Å². The second-order valence-corrected chi connectivity index (χ2v) is 14.8. The van der Waals surface area contributed by atoms with Crippen molar-refractivity contribution in [1.29, 1.82) is 0 Å². The molecule has 0 aliphatic heterocycles. The number of sulfonamides is 1. The number of rotatable bonds is 6. The largest absolute Gasteiger partial charge is 0.506 e. The zero-order valence-corrected chi connectivity index (χ0v) is 26.6. The molecular weight excluding hydrogens is 606 g/mol. The van der Waals surface area contributed by atoms with E-state index in [1.54, 1.807) is 55.5 Å². The summed E-state index contributed by atoms with van der Waals surface area (Å²) in [5.41, 5.74) is 2.02. The summed E-state index contributed by atoms with van der Waals surface area (Å²) in [7, 11) is -3.47. The molecule has 0 amide bonds. The highest BCUT2D eigenvalue weighted by Crippen LogP contribution is 2.37. The molecule has 3 N–H and O–H groups in total. The second-order valence-electron chi connectivity index (χ2n) is 12.9. The molecule has 0 unspecified atom stereocenters. The number of allylic oxidation sites excluding steroid dienone is 2. The van der Waals surface area contributed by atoms with Crippen molar-refractivity contribution in [3.8, 4) is 17.1 Å². The van der Waals surface area contributed by atoms with Gasteiger partial charge in [0.25, 0.3) is 5.56 Å². The molecule has 5 aromatic rings. The van der Waals surface area contributed by atoms with Gasteiger partial charge in [-0.1, -0.05) is 51.8 Å². The van der Waals surface area contributed by atoms with E-state index in [0.717, 1.165) is 12.8 Å². The number of para-hydroxylation sites is 1. The summed E-state index contributed by atoms with van der Waals surface area (Å²) in [5, 5.41) is 23.6. The van der Waals surface area contributed by atoms with Crippen LogP contribution in [-0.4, -0.2) is 54.1 Å². The summed E-state index contributed by atoms with van der Waals surface area (Å²) in [6.07, 6.45) is 3.16. The number of fused-ring (bicyclic) bond motifs is 1. The number of hydrogen-bond donors (Lipinski definition) is 3. The molecule has 2 aromatic carbocycles. The minimum Gasteiger partial charge on any atom is -0.506 e. The van der Waals surface area contributed by atoms with Gasteiger partial charge in [-0.05, 0) is 56.2 Å². The van der Waals surface area contributed by atoms with Crippen molar-refractivity contribution in [2.75, 3.05) is 4.72 Å². The fraction of sp³-hybridized carbons (Fsp3) is 0.303. The van der Waals surface area contributed by atoms with Gasteiger partial charge < -0.3 is 5.11 Å². The molecule has 0 atom stereocenters. The molecule has 3 aromatic heterocycles. The summed E-state index contributed by atoms with van der Waals surface area (Å²) < 4.78 is 30.8. The first-order chi connectivity index (χ1) is 21.8. The van der Waals surface area contributed by atoms with Gasteiger partial charge in [-0.2, -0.15) is 5.10 Å². The number of aliphatic hydroxyl groups excluding tert-OH is 1. The Hall–Kier alpha value is -5.04. The van der Waals surface area contributed by atoms with E-state index in [1.807, 2.05) is 26.8 Å². The Morgan fingerprint density at radius 2 is 1.63 bits per heavy atom. The molecule has 1 saturated carbocycles. The van der Waals surface area contributed by atoms with Crippen LogP contribution in [0.2, 0.25) is 0 Å². The van der Waals surface area contributed by atoms with Crippen molar-refractivity contribution in [3.63, 3.8) is 0 Å². The van der Waals surface area contributed by atoms with E-state index in [-0.39, 0.29) is 33.4 Å². The maximum absolute atomic E-state index is 13.8. The molecule has 2 aliphatic rings. The third kappa shape index (κ3) is 4.73. The van der Waals surface area contributed by atoms with Crippen LogP contribution < -0.4 is 15.5 Å². The van der Waals surface area contributed by atoms with Crippen molar-refractivity contribution in [2.24, 2.45) is 0 Å². The molecule has 13 heteroatoms. The third-order valence-electron chi connectivity index (χ3n) is 8.61. The van der Waals surface area contributed by atoms with Crippen LogP contribution in [-0.2, 0) is 20.2 Å². The molecule has 0 spiro atoms. The molecule has 236 valence electrons. The van der Waals surface area contributed by atoms with Crippen LogP contribution in [0.5, 0.6) is 0 Å². The van der Waals surface area contributed by atoms with E-state index in [0.29, 0.717) is 52.2 Å². The lowest BCUT2D eigenvalue weighted by Gasteiger charge is -2.22. The van der Waals surface area contributed by atoms with Crippen molar-refractivity contribution in [2.45, 2.75) is 64.0 Å². The highest BCUT2D eigenvalue weighted by Gasteiger charge is 2.41. The average Bonchev–Trinajstić information content (AvgIpc) is 3.81. The monoisotopic (exact) mass is 639 g/mol. The van der Waals surface area contributed by atoms with Crippen molar-refractivity contribution >= 4 is 38.3 Å². The van der Waals surface area contributed by atoms with Gasteiger partial charge in [0.05, 0.1) is 38.6 Å². The molecule has 3 heterocycles. The van der Waals surface area contributed by atoms with E-state index in [1.165, 1.54) is 9.31 Å². The number of anilines is 1. The summed E-state index contributed by atoms with van der Waals surface area (Å²) in [6, 6.07) is 15.7. The average molecular weight is 640 g/mol. The Kier molecular flexibility index (Phi) is 6.78. The molecule has 0 bridgehead atoms. The van der Waals surface area contributed by atoms with Crippen LogP contribution in [0.1, 0.15) is 63.4 Å². The van der Waals surface area contributed by atoms with E-state index in [9.17, 15) is 23.1 Å². The van der Waals surface area contributed by atoms with Crippen LogP contribution in [0.3, 0.4) is 0 Å². The van der Waals surface area contributed by atoms with Crippen molar-refractivity contribution in [3.05, 3.63) is 92.9 Å². The van der Waals surface area contributed by atoms with Gasteiger partial charge in [0, 0.05) is 22.4 Å². The Labute approximate surface area is 264 Å². The van der Waals surface area contributed by atoms with Crippen LogP contribution in [0.25, 0.3) is 33.9 Å². The van der Waals surface area contributed by atoms with Gasteiger partial charge in [-0.3, -0.25) is 19.4 Å². The first kappa shape index (κ1) is 29.7. The number of ketones is 1. The summed E-state index contributed by atoms with van der Waals surface area (Å²) >= 11 is 0. The quantitative estimate of drug-likeness (QED) is 0.251. The van der Waals surface area contributed by atoms with Gasteiger partial charge in [-0.25, -0.2) is 18.1 Å². The Morgan fingerprint density at radius 3 is 2.26 bits per heavy atom. The number of benzene rings is 2. The maximum Gasteiger partial charge on any atom is 0.279 e. The first-order valence-corrected chi connectivity index (χ1v) is 16.7. The number of carbonyl (C=O) groups is 1. The molecule has 7 rings (SSSR count). The SMILES string of the molecule is Cc1[nH]n(-c2ccccc2)c(=O)c1C1=C(O)C(=c2c(C(C)(C)C)nn3nc(-c4ccc(NS(=O)(=O)C5CCCC5)cc4)nc23)C1=O. The number of carbonyl (C=O) groups excluding carboxylic acids is 1. The number of aliphatic hydroxyl groups is 1. The molecule has 0 radical (unpaired) electrons. The summed E-state index contributed by atoms with van der Waals surface area (Å²) in [6.45, 7) is 7.49. The molecular formula is C33H33N7O5S. The highest BCUT2D eigenvalue weighted by molar-refractivity contribution is 7.93. The Balaban J connectivity index is 1.30. The standard InChI is InChI=1S/C33H33N7O5S/c1-18-23(32(43)39(35-18)21-10-6-5-7-11-21)24-27(41)25(28(24)42)26-29(33(2,3)4)36-40-31(26)34-30(37-40)19-14-16-20(17-15-19)38-46(44,45)22-12-8-9-13-22/h5-7,10-11,14-17,22,35,38,41H,8-9,12-13H2,1-4H3. The van der Waals surface area contributed by atoms with Crippen LogP contribution >= 0.6 is 0 Å². The number of H-pyrrole nitrogens is 1. The van der Waals surface area contributed by atoms with E-state index < -0.39 is 26.8 Å². The Morgan fingerprint density at radius 1 is 0.957 bits per heavy atom. The van der Waals surface area contributed by atoms with Gasteiger partial charge in [0.1, 0.15) is 5.76 Å². The molecule has 0 saturated heterocycles.